The van der Waals surface area contributed by atoms with Crippen molar-refractivity contribution in [3.05, 3.63) is 71.3 Å². The van der Waals surface area contributed by atoms with Crippen molar-refractivity contribution < 1.29 is 4.79 Å². The van der Waals surface area contributed by atoms with Gasteiger partial charge in [0.25, 0.3) is 5.56 Å². The molecule has 0 bridgehead atoms. The first-order valence-electron chi connectivity index (χ1n) is 6.65. The van der Waals surface area contributed by atoms with Gasteiger partial charge in [0.2, 0.25) is 5.91 Å². The quantitative estimate of drug-likeness (QED) is 0.780. The predicted octanol–water partition coefficient (Wildman–Crippen LogP) is 1.07. The van der Waals surface area contributed by atoms with E-state index in [0.717, 1.165) is 4.68 Å². The number of aromatic nitrogens is 4. The summed E-state index contributed by atoms with van der Waals surface area (Å²) in [7, 11) is 0. The van der Waals surface area contributed by atoms with E-state index in [0.29, 0.717) is 11.5 Å². The fourth-order valence-corrected chi connectivity index (χ4v) is 1.94. The van der Waals surface area contributed by atoms with Crippen LogP contribution < -0.4 is 10.9 Å². The van der Waals surface area contributed by atoms with E-state index in [1.54, 1.807) is 36.7 Å². The molecule has 0 fully saturated rings. The maximum atomic E-state index is 12.0. The molecule has 7 nitrogen and oxygen atoms in total. The number of nitrogens with zero attached hydrogens (tertiary/aromatic N) is 4. The highest BCUT2D eigenvalue weighted by Crippen LogP contribution is 2.05. The van der Waals surface area contributed by atoms with Gasteiger partial charge in [0.15, 0.2) is 5.82 Å². The molecule has 0 saturated carbocycles. The van der Waals surface area contributed by atoms with Crippen LogP contribution in [0.3, 0.4) is 0 Å². The average Bonchev–Trinajstić information content (AvgIpc) is 3.05. The zero-order chi connectivity index (χ0) is 15.4. The number of hydrogen-bond acceptors (Lipinski definition) is 4. The highest BCUT2D eigenvalue weighted by Gasteiger charge is 2.08. The van der Waals surface area contributed by atoms with Gasteiger partial charge >= 0.3 is 0 Å². The molecule has 3 rings (SSSR count). The van der Waals surface area contributed by atoms with E-state index in [9.17, 15) is 9.59 Å². The molecule has 0 aliphatic rings. The third kappa shape index (κ3) is 3.09. The van der Waals surface area contributed by atoms with Crippen LogP contribution in [0.15, 0.2) is 65.7 Å². The van der Waals surface area contributed by atoms with Gasteiger partial charge in [-0.3, -0.25) is 9.59 Å². The summed E-state index contributed by atoms with van der Waals surface area (Å²) in [5.41, 5.74) is 0.322. The van der Waals surface area contributed by atoms with Crippen molar-refractivity contribution in [3.8, 4) is 5.82 Å². The topological polar surface area (TPSA) is 81.8 Å². The molecule has 0 atom stereocenters. The molecule has 0 spiro atoms. The molecule has 1 amide bonds. The maximum Gasteiger partial charge on any atom is 0.267 e. The fraction of sp³-hybridized carbons (Fsp3) is 0.0667. The molecule has 3 aromatic rings. The van der Waals surface area contributed by atoms with Crippen LogP contribution in [0.5, 0.6) is 0 Å². The minimum absolute atomic E-state index is 0.164. The Kier molecular flexibility index (Phi) is 3.78. The van der Waals surface area contributed by atoms with Gasteiger partial charge in [0.1, 0.15) is 6.54 Å². The van der Waals surface area contributed by atoms with Crippen LogP contribution in [0, 0.1) is 0 Å². The fourth-order valence-electron chi connectivity index (χ4n) is 1.94. The monoisotopic (exact) mass is 295 g/mol. The van der Waals surface area contributed by atoms with Crippen molar-refractivity contribution in [3.63, 3.8) is 0 Å². The first-order chi connectivity index (χ1) is 10.7. The molecule has 2 heterocycles. The summed E-state index contributed by atoms with van der Waals surface area (Å²) in [6.45, 7) is -0.164. The van der Waals surface area contributed by atoms with Gasteiger partial charge in [-0.1, -0.05) is 18.2 Å². The van der Waals surface area contributed by atoms with Gasteiger partial charge in [0, 0.05) is 24.1 Å². The number of para-hydroxylation sites is 1. The summed E-state index contributed by atoms with van der Waals surface area (Å²) < 4.78 is 2.63. The van der Waals surface area contributed by atoms with Crippen LogP contribution in [-0.4, -0.2) is 25.5 Å². The van der Waals surface area contributed by atoms with E-state index in [2.05, 4.69) is 15.5 Å². The van der Waals surface area contributed by atoms with Crippen LogP contribution in [0.4, 0.5) is 5.69 Å². The lowest BCUT2D eigenvalue weighted by Gasteiger charge is -2.08. The number of hydrogen-bond donors (Lipinski definition) is 1. The summed E-state index contributed by atoms with van der Waals surface area (Å²) in [4.78, 5) is 23.8. The van der Waals surface area contributed by atoms with E-state index >= 15 is 0 Å². The Hall–Kier alpha value is -3.22. The van der Waals surface area contributed by atoms with Gasteiger partial charge in [-0.05, 0) is 24.3 Å². The number of nitrogens with one attached hydrogen (secondary N) is 1. The van der Waals surface area contributed by atoms with Gasteiger partial charge in [-0.15, -0.1) is 5.10 Å². The molecule has 2 aromatic heterocycles. The third-order valence-corrected chi connectivity index (χ3v) is 2.94. The number of anilines is 1. The molecule has 7 heteroatoms. The Bertz CT molecular complexity index is 825. The van der Waals surface area contributed by atoms with Crippen molar-refractivity contribution >= 4 is 11.6 Å². The highest BCUT2D eigenvalue weighted by molar-refractivity contribution is 5.90. The third-order valence-electron chi connectivity index (χ3n) is 2.94. The number of carbonyl (C=O) groups excluding carboxylic acids is 1. The van der Waals surface area contributed by atoms with E-state index in [1.165, 1.54) is 10.7 Å². The van der Waals surface area contributed by atoms with Gasteiger partial charge in [-0.2, -0.15) is 5.10 Å². The molecule has 0 aliphatic carbocycles. The van der Waals surface area contributed by atoms with Gasteiger partial charge in [0.05, 0.1) is 0 Å². The second-order valence-electron chi connectivity index (χ2n) is 4.55. The standard InChI is InChI=1S/C15H13N5O2/c21-14(17-12-5-2-1-3-6-12)11-20-15(22)8-7-13(18-20)19-10-4-9-16-19/h1-10H,11H2,(H,17,21). The van der Waals surface area contributed by atoms with Crippen LogP contribution in [0.1, 0.15) is 0 Å². The van der Waals surface area contributed by atoms with E-state index in [1.807, 2.05) is 18.2 Å². The summed E-state index contributed by atoms with van der Waals surface area (Å²) in [5, 5.41) is 10.9. The zero-order valence-corrected chi connectivity index (χ0v) is 11.6. The highest BCUT2D eigenvalue weighted by atomic mass is 16.2. The summed E-state index contributed by atoms with van der Waals surface area (Å²) >= 11 is 0. The molecule has 22 heavy (non-hydrogen) atoms. The molecule has 0 unspecified atom stereocenters. The SMILES string of the molecule is O=C(Cn1nc(-n2cccn2)ccc1=O)Nc1ccccc1. The largest absolute Gasteiger partial charge is 0.324 e. The lowest BCUT2D eigenvalue weighted by atomic mass is 10.3. The summed E-state index contributed by atoms with van der Waals surface area (Å²) in [5.74, 6) is 0.149. The minimum Gasteiger partial charge on any atom is -0.324 e. The Morgan fingerprint density at radius 1 is 1.09 bits per heavy atom. The van der Waals surface area contributed by atoms with E-state index in [4.69, 9.17) is 0 Å². The Morgan fingerprint density at radius 3 is 2.64 bits per heavy atom. The second kappa shape index (κ2) is 6.04. The predicted molar refractivity (Wildman–Crippen MR) is 80.7 cm³/mol. The first-order valence-corrected chi connectivity index (χ1v) is 6.65. The van der Waals surface area contributed by atoms with Crippen molar-refractivity contribution in [1.82, 2.24) is 19.6 Å². The molecule has 1 aromatic carbocycles. The van der Waals surface area contributed by atoms with Crippen LogP contribution in [-0.2, 0) is 11.3 Å². The molecule has 0 aliphatic heterocycles. The van der Waals surface area contributed by atoms with E-state index in [-0.39, 0.29) is 18.0 Å². The molecule has 110 valence electrons. The van der Waals surface area contributed by atoms with Crippen molar-refractivity contribution in [1.29, 1.82) is 0 Å². The van der Waals surface area contributed by atoms with Crippen molar-refractivity contribution in [2.45, 2.75) is 6.54 Å². The Labute approximate surface area is 125 Å². The maximum absolute atomic E-state index is 12.0. The second-order valence-corrected chi connectivity index (χ2v) is 4.55. The number of benzene rings is 1. The van der Waals surface area contributed by atoms with Crippen LogP contribution in [0.2, 0.25) is 0 Å². The zero-order valence-electron chi connectivity index (χ0n) is 11.6. The normalized spacial score (nSPS) is 10.4. The van der Waals surface area contributed by atoms with E-state index < -0.39 is 0 Å². The van der Waals surface area contributed by atoms with Gasteiger partial charge in [-0.25, -0.2) is 9.36 Å². The summed E-state index contributed by atoms with van der Waals surface area (Å²) in [6.07, 6.45) is 3.32. The Morgan fingerprint density at radius 2 is 1.91 bits per heavy atom. The average molecular weight is 295 g/mol. The number of rotatable bonds is 4. The number of amides is 1. The molecular weight excluding hydrogens is 282 g/mol. The smallest absolute Gasteiger partial charge is 0.267 e. The van der Waals surface area contributed by atoms with Gasteiger partial charge < -0.3 is 5.32 Å². The number of carbonyl (C=O) groups is 1. The van der Waals surface area contributed by atoms with Crippen molar-refractivity contribution in [2.75, 3.05) is 5.32 Å². The molecule has 0 saturated heterocycles. The lowest BCUT2D eigenvalue weighted by Crippen LogP contribution is -2.30. The van der Waals surface area contributed by atoms with Crippen LogP contribution in [0.25, 0.3) is 5.82 Å². The first kappa shape index (κ1) is 13.7. The van der Waals surface area contributed by atoms with Crippen LogP contribution >= 0.6 is 0 Å². The molecular formula is C15H13N5O2. The lowest BCUT2D eigenvalue weighted by molar-refractivity contribution is -0.117. The molecule has 0 radical (unpaired) electrons. The minimum atomic E-state index is -0.348. The Balaban J connectivity index is 1.78. The van der Waals surface area contributed by atoms with Crippen molar-refractivity contribution in [2.24, 2.45) is 0 Å². The summed E-state index contributed by atoms with van der Waals surface area (Å²) in [6, 6.07) is 13.7. The molecule has 1 N–H and O–H groups in total.